The van der Waals surface area contributed by atoms with E-state index in [9.17, 15) is 4.79 Å². The highest BCUT2D eigenvalue weighted by Crippen LogP contribution is 2.74. The van der Waals surface area contributed by atoms with Crippen LogP contribution in [0.2, 0.25) is 0 Å². The second kappa shape index (κ2) is 4.17. The Labute approximate surface area is 109 Å². The van der Waals surface area contributed by atoms with Crippen molar-refractivity contribution in [3.05, 3.63) is 12.2 Å². The minimum Gasteiger partial charge on any atom is -0.359 e. The summed E-state index contributed by atoms with van der Waals surface area (Å²) in [5.74, 6) is 2.19. The van der Waals surface area contributed by atoms with Crippen LogP contribution in [0.4, 0.5) is 0 Å². The Morgan fingerprint density at radius 2 is 2.28 bits per heavy atom. The van der Waals surface area contributed by atoms with Gasteiger partial charge in [0.2, 0.25) is 0 Å². The molecule has 0 amide bonds. The lowest BCUT2D eigenvalue weighted by molar-refractivity contribution is -0.125. The highest BCUT2D eigenvalue weighted by atomic mass is 16.7. The molecule has 0 aromatic carbocycles. The van der Waals surface area contributed by atoms with Gasteiger partial charge in [0.1, 0.15) is 12.6 Å². The molecular weight excluding hydrogens is 228 g/mol. The molecule has 0 aliphatic heterocycles. The molecule has 3 heteroatoms. The number of methoxy groups -OCH3 is 1. The summed E-state index contributed by atoms with van der Waals surface area (Å²) in [7, 11) is 1.63. The number of hydrogen-bond donors (Lipinski definition) is 0. The topological polar surface area (TPSA) is 35.5 Å². The number of ether oxygens (including phenoxy) is 2. The number of Topliss-reactive ketones (excluding diaryl/α,β-unsaturated/α-hetero) is 1. The maximum Gasteiger partial charge on any atom is 0.146 e. The lowest BCUT2D eigenvalue weighted by Crippen LogP contribution is -2.31. The maximum absolute atomic E-state index is 12.2. The normalized spacial score (nSPS) is 44.6. The molecule has 100 valence electrons. The second-order valence-corrected chi connectivity index (χ2v) is 6.10. The van der Waals surface area contributed by atoms with Gasteiger partial charge in [0.25, 0.3) is 0 Å². The summed E-state index contributed by atoms with van der Waals surface area (Å²) in [5, 5.41) is 0. The van der Waals surface area contributed by atoms with Crippen molar-refractivity contribution in [3.8, 4) is 0 Å². The van der Waals surface area contributed by atoms with Crippen molar-refractivity contribution in [2.75, 3.05) is 20.5 Å². The fraction of sp³-hybridized carbons (Fsp3) is 0.800. The van der Waals surface area contributed by atoms with E-state index in [0.717, 1.165) is 19.3 Å². The summed E-state index contributed by atoms with van der Waals surface area (Å²) >= 11 is 0. The third kappa shape index (κ3) is 1.29. The van der Waals surface area contributed by atoms with Gasteiger partial charge in [0.15, 0.2) is 0 Å². The Hall–Kier alpha value is -0.670. The van der Waals surface area contributed by atoms with Gasteiger partial charge in [-0.2, -0.15) is 0 Å². The van der Waals surface area contributed by atoms with Crippen LogP contribution in [0.25, 0.3) is 0 Å². The third-order valence-corrected chi connectivity index (χ3v) is 5.72. The van der Waals surface area contributed by atoms with Crippen LogP contribution in [0.3, 0.4) is 0 Å². The summed E-state index contributed by atoms with van der Waals surface area (Å²) < 4.78 is 10.2. The van der Waals surface area contributed by atoms with E-state index in [1.165, 1.54) is 5.57 Å². The van der Waals surface area contributed by atoms with Gasteiger partial charge in [-0.15, -0.1) is 0 Å². The minimum atomic E-state index is 0.114. The van der Waals surface area contributed by atoms with Gasteiger partial charge in [-0.05, 0) is 31.1 Å². The molecule has 4 aliphatic carbocycles. The minimum absolute atomic E-state index is 0.114. The van der Waals surface area contributed by atoms with Crippen LogP contribution >= 0.6 is 0 Å². The Kier molecular flexibility index (Phi) is 2.87. The maximum atomic E-state index is 12.2. The molecule has 4 fully saturated rings. The molecular formula is C15H22O3. The van der Waals surface area contributed by atoms with E-state index in [1.807, 2.05) is 0 Å². The van der Waals surface area contributed by atoms with Gasteiger partial charge in [-0.1, -0.05) is 19.1 Å². The first-order valence-corrected chi connectivity index (χ1v) is 6.94. The average molecular weight is 250 g/mol. The molecule has 4 saturated carbocycles. The van der Waals surface area contributed by atoms with Crippen molar-refractivity contribution in [1.29, 1.82) is 0 Å². The molecule has 0 spiro atoms. The Bertz CT molecular complexity index is 389. The van der Waals surface area contributed by atoms with Crippen molar-refractivity contribution in [1.82, 2.24) is 0 Å². The zero-order valence-electron chi connectivity index (χ0n) is 11.3. The van der Waals surface area contributed by atoms with Crippen molar-refractivity contribution in [2.24, 2.45) is 29.1 Å². The molecule has 3 nitrogen and oxygen atoms in total. The van der Waals surface area contributed by atoms with Gasteiger partial charge in [-0.25, -0.2) is 0 Å². The van der Waals surface area contributed by atoms with Crippen LogP contribution < -0.4 is 0 Å². The second-order valence-electron chi connectivity index (χ2n) is 6.10. The fourth-order valence-corrected chi connectivity index (χ4v) is 5.02. The predicted molar refractivity (Wildman–Crippen MR) is 67.9 cm³/mol. The van der Waals surface area contributed by atoms with Crippen LogP contribution in [0.15, 0.2) is 12.2 Å². The lowest BCUT2D eigenvalue weighted by atomic mass is 9.70. The van der Waals surface area contributed by atoms with Gasteiger partial charge in [0, 0.05) is 31.0 Å². The Balaban J connectivity index is 1.67. The van der Waals surface area contributed by atoms with E-state index in [0.29, 0.717) is 31.0 Å². The molecule has 0 aromatic heterocycles. The molecule has 5 atom stereocenters. The number of carbonyl (C=O) groups is 1. The van der Waals surface area contributed by atoms with Crippen molar-refractivity contribution in [2.45, 2.75) is 26.2 Å². The zero-order valence-corrected chi connectivity index (χ0v) is 11.3. The summed E-state index contributed by atoms with van der Waals surface area (Å²) in [5.41, 5.74) is 1.36. The molecule has 0 N–H and O–H groups in total. The molecule has 0 saturated heterocycles. The Morgan fingerprint density at radius 3 is 2.89 bits per heavy atom. The first-order valence-electron chi connectivity index (χ1n) is 6.94. The van der Waals surface area contributed by atoms with Gasteiger partial charge in [-0.3, -0.25) is 4.79 Å². The van der Waals surface area contributed by atoms with Crippen molar-refractivity contribution < 1.29 is 14.3 Å². The summed E-state index contributed by atoms with van der Waals surface area (Å²) in [6, 6.07) is 0. The standard InChI is InChI=1S/C15H22O3/c1-9-11-7-12-14(16)13(11)10(2)15(9,12)5-4-6-18-8-17-3/h9,11-13H,2,4-8H2,1,3H3/t9-,11+,12+,13+,15-/m1/s1. The zero-order chi connectivity index (χ0) is 12.9. The molecule has 4 aliphatic rings. The molecule has 0 unspecified atom stereocenters. The number of ketones is 1. The summed E-state index contributed by atoms with van der Waals surface area (Å²) in [4.78, 5) is 12.2. The van der Waals surface area contributed by atoms with Crippen LogP contribution in [0, 0.1) is 29.1 Å². The van der Waals surface area contributed by atoms with Crippen LogP contribution in [0.5, 0.6) is 0 Å². The molecule has 18 heavy (non-hydrogen) atoms. The van der Waals surface area contributed by atoms with Crippen molar-refractivity contribution >= 4 is 5.78 Å². The van der Waals surface area contributed by atoms with Crippen LogP contribution in [-0.4, -0.2) is 26.3 Å². The van der Waals surface area contributed by atoms with Crippen molar-refractivity contribution in [3.63, 3.8) is 0 Å². The molecule has 4 rings (SSSR count). The van der Waals surface area contributed by atoms with Crippen LogP contribution in [-0.2, 0) is 14.3 Å². The van der Waals surface area contributed by atoms with E-state index in [2.05, 4.69) is 13.5 Å². The quantitative estimate of drug-likeness (QED) is 0.412. The highest BCUT2D eigenvalue weighted by Gasteiger charge is 2.73. The monoisotopic (exact) mass is 250 g/mol. The summed E-state index contributed by atoms with van der Waals surface area (Å²) in [6.45, 7) is 7.65. The van der Waals surface area contributed by atoms with E-state index in [1.54, 1.807) is 7.11 Å². The smallest absolute Gasteiger partial charge is 0.146 e. The predicted octanol–water partition coefficient (Wildman–Crippen LogP) is 2.41. The SMILES string of the molecule is C=C1[C@@H]2C(=O)[C@@H]3C[C@H]2[C@@H](C)[C@]13CCCOCOC. The molecule has 0 aromatic rings. The van der Waals surface area contributed by atoms with E-state index in [4.69, 9.17) is 9.47 Å². The molecule has 0 radical (unpaired) electrons. The first kappa shape index (κ1) is 12.4. The number of carbonyl (C=O) groups excluding carboxylic acids is 1. The molecule has 4 bridgehead atoms. The number of hydrogen-bond acceptors (Lipinski definition) is 3. The van der Waals surface area contributed by atoms with E-state index in [-0.39, 0.29) is 17.3 Å². The average Bonchev–Trinajstić information content (AvgIpc) is 2.95. The summed E-state index contributed by atoms with van der Waals surface area (Å²) in [6.07, 6.45) is 3.17. The lowest BCUT2D eigenvalue weighted by Gasteiger charge is -2.33. The number of rotatable bonds is 6. The fourth-order valence-electron chi connectivity index (χ4n) is 5.02. The third-order valence-electron chi connectivity index (χ3n) is 5.72. The Morgan fingerprint density at radius 1 is 1.50 bits per heavy atom. The van der Waals surface area contributed by atoms with Gasteiger partial charge >= 0.3 is 0 Å². The largest absolute Gasteiger partial charge is 0.359 e. The number of allylic oxidation sites excluding steroid dienone is 1. The highest BCUT2D eigenvalue weighted by molar-refractivity contribution is 5.95. The van der Waals surface area contributed by atoms with Crippen LogP contribution in [0.1, 0.15) is 26.2 Å². The van der Waals surface area contributed by atoms with E-state index < -0.39 is 0 Å². The molecule has 0 heterocycles. The van der Waals surface area contributed by atoms with E-state index >= 15 is 0 Å². The first-order chi connectivity index (χ1) is 8.64. The van der Waals surface area contributed by atoms with Gasteiger partial charge in [0.05, 0.1) is 0 Å². The van der Waals surface area contributed by atoms with Gasteiger partial charge < -0.3 is 9.47 Å².